The molecule has 5 nitrogen and oxygen atoms in total. The van der Waals surface area contributed by atoms with Crippen molar-refractivity contribution < 1.29 is 18.6 Å². The highest BCUT2D eigenvalue weighted by Crippen LogP contribution is 2.49. The van der Waals surface area contributed by atoms with E-state index < -0.39 is 22.6 Å². The number of benzene rings is 1. The van der Waals surface area contributed by atoms with E-state index in [1.54, 1.807) is 11.0 Å². The molecule has 1 aromatic heterocycles. The van der Waals surface area contributed by atoms with Crippen LogP contribution in [0.3, 0.4) is 0 Å². The summed E-state index contributed by atoms with van der Waals surface area (Å²) in [4.78, 5) is 3.35. The van der Waals surface area contributed by atoms with Crippen LogP contribution in [0.25, 0.3) is 0 Å². The maximum atomic E-state index is 13.5. The van der Waals surface area contributed by atoms with E-state index in [-0.39, 0.29) is 18.4 Å². The van der Waals surface area contributed by atoms with Gasteiger partial charge in [0.05, 0.1) is 23.6 Å². The Morgan fingerprint density at radius 3 is 2.80 bits per heavy atom. The SMILES string of the molecule is OC(C(CCCCOc1cccc(F)c1F)n1cncn1)C1(Cl)CC1. The molecular weight excluding hydrogens is 352 g/mol. The van der Waals surface area contributed by atoms with Crippen LogP contribution in [0.5, 0.6) is 5.75 Å². The molecule has 25 heavy (non-hydrogen) atoms. The molecule has 136 valence electrons. The van der Waals surface area contributed by atoms with Crippen molar-refractivity contribution in [1.82, 2.24) is 14.8 Å². The van der Waals surface area contributed by atoms with E-state index >= 15 is 0 Å². The standard InChI is InChI=1S/C17H20ClF2N3O2/c18-17(7-8-17)16(24)13(23-11-21-10-22-23)5-1-2-9-25-14-6-3-4-12(19)15(14)20/h3-4,6,10-11,13,16,24H,1-2,5,7-9H2. The van der Waals surface area contributed by atoms with Crippen LogP contribution in [0.1, 0.15) is 38.1 Å². The Kier molecular flexibility index (Phi) is 5.54. The molecule has 1 aliphatic rings. The topological polar surface area (TPSA) is 60.2 Å². The van der Waals surface area contributed by atoms with Gasteiger partial charge in [0.25, 0.3) is 0 Å². The van der Waals surface area contributed by atoms with Gasteiger partial charge in [-0.05, 0) is 44.2 Å². The van der Waals surface area contributed by atoms with Crippen LogP contribution >= 0.6 is 11.6 Å². The third kappa shape index (κ3) is 4.27. The molecular formula is C17H20ClF2N3O2. The molecule has 2 atom stereocenters. The summed E-state index contributed by atoms with van der Waals surface area (Å²) in [7, 11) is 0. The highest BCUT2D eigenvalue weighted by molar-refractivity contribution is 6.26. The van der Waals surface area contributed by atoms with Gasteiger partial charge in [-0.15, -0.1) is 11.6 Å². The van der Waals surface area contributed by atoms with Gasteiger partial charge in [0.2, 0.25) is 5.82 Å². The maximum absolute atomic E-state index is 13.5. The number of rotatable bonds is 9. The van der Waals surface area contributed by atoms with Gasteiger partial charge in [-0.3, -0.25) is 0 Å². The molecule has 0 bridgehead atoms. The number of halogens is 3. The van der Waals surface area contributed by atoms with Crippen molar-refractivity contribution in [2.75, 3.05) is 6.61 Å². The minimum atomic E-state index is -0.976. The van der Waals surface area contributed by atoms with Crippen molar-refractivity contribution in [2.45, 2.75) is 49.1 Å². The van der Waals surface area contributed by atoms with Gasteiger partial charge in [0.1, 0.15) is 12.7 Å². The Balaban J connectivity index is 1.49. The smallest absolute Gasteiger partial charge is 0.200 e. The molecule has 0 aliphatic heterocycles. The van der Waals surface area contributed by atoms with E-state index in [0.29, 0.717) is 19.3 Å². The quantitative estimate of drug-likeness (QED) is 0.541. The first-order chi connectivity index (χ1) is 12.0. The van der Waals surface area contributed by atoms with Gasteiger partial charge in [-0.2, -0.15) is 9.49 Å². The van der Waals surface area contributed by atoms with Gasteiger partial charge < -0.3 is 9.84 Å². The van der Waals surface area contributed by atoms with Gasteiger partial charge >= 0.3 is 0 Å². The van der Waals surface area contributed by atoms with Gasteiger partial charge in [0, 0.05) is 0 Å². The average Bonchev–Trinajstić information content (AvgIpc) is 3.13. The summed E-state index contributed by atoms with van der Waals surface area (Å²) in [6.45, 7) is 0.257. The lowest BCUT2D eigenvalue weighted by atomic mass is 10.0. The van der Waals surface area contributed by atoms with Crippen LogP contribution in [-0.4, -0.2) is 37.5 Å². The Morgan fingerprint density at radius 1 is 1.32 bits per heavy atom. The second-order valence-electron chi connectivity index (χ2n) is 6.32. The first-order valence-corrected chi connectivity index (χ1v) is 8.67. The lowest BCUT2D eigenvalue weighted by molar-refractivity contribution is 0.0871. The molecule has 1 fully saturated rings. The lowest BCUT2D eigenvalue weighted by Gasteiger charge is -2.26. The van der Waals surface area contributed by atoms with Crippen molar-refractivity contribution in [1.29, 1.82) is 0 Å². The predicted molar refractivity (Wildman–Crippen MR) is 88.6 cm³/mol. The largest absolute Gasteiger partial charge is 0.490 e. The molecule has 1 aliphatic carbocycles. The van der Waals surface area contributed by atoms with Crippen LogP contribution in [0.15, 0.2) is 30.9 Å². The molecule has 3 rings (SSSR count). The number of ether oxygens (including phenoxy) is 1. The van der Waals surface area contributed by atoms with Crippen molar-refractivity contribution in [3.05, 3.63) is 42.5 Å². The Bertz CT molecular complexity index is 695. The van der Waals surface area contributed by atoms with E-state index in [1.165, 1.54) is 18.5 Å². The molecule has 1 saturated carbocycles. The molecule has 2 unspecified atom stereocenters. The van der Waals surface area contributed by atoms with Crippen LogP contribution in [-0.2, 0) is 0 Å². The summed E-state index contributed by atoms with van der Waals surface area (Å²) in [5, 5.41) is 14.6. The zero-order chi connectivity index (χ0) is 17.9. The number of nitrogens with zero attached hydrogens (tertiary/aromatic N) is 3. The molecule has 0 amide bonds. The second kappa shape index (κ2) is 7.66. The van der Waals surface area contributed by atoms with Crippen LogP contribution in [0.2, 0.25) is 0 Å². The molecule has 0 saturated heterocycles. The molecule has 2 aromatic rings. The van der Waals surface area contributed by atoms with Crippen molar-refractivity contribution in [2.24, 2.45) is 0 Å². The average molecular weight is 372 g/mol. The summed E-state index contributed by atoms with van der Waals surface area (Å²) in [6.07, 6.45) is 5.81. The summed E-state index contributed by atoms with van der Waals surface area (Å²) in [5.41, 5.74) is 0. The summed E-state index contributed by atoms with van der Waals surface area (Å²) in [6, 6.07) is 3.57. The molecule has 1 heterocycles. The van der Waals surface area contributed by atoms with Crippen molar-refractivity contribution >= 4 is 11.6 Å². The third-order valence-electron chi connectivity index (χ3n) is 4.47. The zero-order valence-corrected chi connectivity index (χ0v) is 14.4. The maximum Gasteiger partial charge on any atom is 0.200 e. The molecule has 1 aromatic carbocycles. The Hall–Kier alpha value is -1.73. The zero-order valence-electron chi connectivity index (χ0n) is 13.6. The second-order valence-corrected chi connectivity index (χ2v) is 7.07. The number of alkyl halides is 1. The highest BCUT2D eigenvalue weighted by Gasteiger charge is 2.50. The summed E-state index contributed by atoms with van der Waals surface area (Å²) < 4.78 is 33.5. The fourth-order valence-electron chi connectivity index (χ4n) is 2.82. The van der Waals surface area contributed by atoms with Crippen LogP contribution in [0.4, 0.5) is 8.78 Å². The number of hydrogen-bond donors (Lipinski definition) is 1. The number of unbranched alkanes of at least 4 members (excludes halogenated alkanes) is 1. The van der Waals surface area contributed by atoms with Gasteiger partial charge in [-0.25, -0.2) is 14.1 Å². The van der Waals surface area contributed by atoms with Gasteiger partial charge in [-0.1, -0.05) is 6.07 Å². The van der Waals surface area contributed by atoms with E-state index in [0.717, 1.165) is 18.9 Å². The fraction of sp³-hybridized carbons (Fsp3) is 0.529. The summed E-state index contributed by atoms with van der Waals surface area (Å²) in [5.74, 6) is -1.99. The van der Waals surface area contributed by atoms with E-state index in [4.69, 9.17) is 16.3 Å². The minimum Gasteiger partial charge on any atom is -0.490 e. The predicted octanol–water partition coefficient (Wildman–Crippen LogP) is 3.48. The Morgan fingerprint density at radius 2 is 2.12 bits per heavy atom. The molecule has 1 N–H and O–H groups in total. The van der Waals surface area contributed by atoms with E-state index in [1.807, 2.05) is 0 Å². The molecule has 0 spiro atoms. The highest BCUT2D eigenvalue weighted by atomic mass is 35.5. The third-order valence-corrected chi connectivity index (χ3v) is 5.07. The Labute approximate surface area is 149 Å². The number of aliphatic hydroxyl groups is 1. The van der Waals surface area contributed by atoms with Crippen molar-refractivity contribution in [3.8, 4) is 5.75 Å². The minimum absolute atomic E-state index is 0.0921. The normalized spacial score (nSPS) is 17.9. The first kappa shape index (κ1) is 18.1. The van der Waals surface area contributed by atoms with Crippen LogP contribution < -0.4 is 4.74 Å². The van der Waals surface area contributed by atoms with E-state index in [9.17, 15) is 13.9 Å². The van der Waals surface area contributed by atoms with Gasteiger partial charge in [0.15, 0.2) is 11.6 Å². The van der Waals surface area contributed by atoms with Crippen molar-refractivity contribution in [3.63, 3.8) is 0 Å². The number of hydrogen-bond acceptors (Lipinski definition) is 4. The van der Waals surface area contributed by atoms with Crippen LogP contribution in [0, 0.1) is 11.6 Å². The molecule has 8 heteroatoms. The molecule has 0 radical (unpaired) electrons. The van der Waals surface area contributed by atoms with E-state index in [2.05, 4.69) is 10.1 Å². The first-order valence-electron chi connectivity index (χ1n) is 8.29. The number of aliphatic hydroxyl groups excluding tert-OH is 1. The lowest BCUT2D eigenvalue weighted by Crippen LogP contribution is -2.34. The monoisotopic (exact) mass is 371 g/mol. The summed E-state index contributed by atoms with van der Waals surface area (Å²) >= 11 is 6.35. The number of aromatic nitrogens is 3. The fourth-order valence-corrected chi connectivity index (χ4v) is 3.06.